The molecule has 0 amide bonds. The predicted molar refractivity (Wildman–Crippen MR) is 27.9 cm³/mol. The lowest BCUT2D eigenvalue weighted by molar-refractivity contribution is 0.410. The zero-order valence-corrected chi connectivity index (χ0v) is 5.10. The molecule has 0 heterocycles. The van der Waals surface area contributed by atoms with Crippen LogP contribution in [0.4, 0.5) is 0 Å². The van der Waals surface area contributed by atoms with Crippen LogP contribution in [-0.2, 0) is 14.7 Å². The Morgan fingerprint density at radius 1 is 1.62 bits per heavy atom. The average molecular weight is 133 g/mol. The fraction of sp³-hybridized carbons (Fsp3) is 0.500. The van der Waals surface area contributed by atoms with E-state index in [2.05, 4.69) is 6.42 Å². The smallest absolute Gasteiger partial charge is 0.196 e. The van der Waals surface area contributed by atoms with Gasteiger partial charge in [0, 0.05) is 0 Å². The normalized spacial score (nSPS) is 14.6. The van der Waals surface area contributed by atoms with E-state index in [0.717, 1.165) is 0 Å². The van der Waals surface area contributed by atoms with E-state index in [1.54, 1.807) is 5.92 Å². The molecule has 1 atom stereocenters. The summed E-state index contributed by atoms with van der Waals surface area (Å²) in [4.78, 5) is 0. The van der Waals surface area contributed by atoms with Crippen LogP contribution in [0.1, 0.15) is 6.92 Å². The third-order valence-corrected chi connectivity index (χ3v) is 1.67. The molecule has 45 valence electrons. The number of terminal acetylenes is 1. The van der Waals surface area contributed by atoms with Gasteiger partial charge < -0.3 is 0 Å². The first-order chi connectivity index (χ1) is 3.48. The highest BCUT2D eigenvalue weighted by molar-refractivity contribution is 7.86. The summed E-state index contributed by atoms with van der Waals surface area (Å²) in [6.45, 7) is 1.17. The van der Waals surface area contributed by atoms with Gasteiger partial charge in [0.25, 0.3) is 0 Å². The van der Waals surface area contributed by atoms with Crippen molar-refractivity contribution >= 4 is 10.1 Å². The SMILES string of the molecule is C#CC(C)S([O])(=O)=O. The molecule has 0 aromatic heterocycles. The summed E-state index contributed by atoms with van der Waals surface area (Å²) < 4.78 is 29.6. The number of hydrogen-bond acceptors (Lipinski definition) is 2. The molecule has 0 aromatic carbocycles. The molecule has 0 bridgehead atoms. The third-order valence-electron chi connectivity index (χ3n) is 0.668. The van der Waals surface area contributed by atoms with Gasteiger partial charge in [0.05, 0.1) is 0 Å². The van der Waals surface area contributed by atoms with Gasteiger partial charge in [0.15, 0.2) is 0 Å². The van der Waals surface area contributed by atoms with E-state index in [9.17, 15) is 13.0 Å². The van der Waals surface area contributed by atoms with Crippen LogP contribution >= 0.6 is 0 Å². The maximum Gasteiger partial charge on any atom is 0.308 e. The minimum absolute atomic E-state index is 1.17. The van der Waals surface area contributed by atoms with Crippen molar-refractivity contribution in [2.75, 3.05) is 0 Å². The van der Waals surface area contributed by atoms with Gasteiger partial charge in [-0.25, -0.2) is 0 Å². The van der Waals surface area contributed by atoms with Crippen LogP contribution in [-0.4, -0.2) is 13.7 Å². The third kappa shape index (κ3) is 1.96. The Labute approximate surface area is 48.5 Å². The summed E-state index contributed by atoms with van der Waals surface area (Å²) in [5, 5.41) is -1.21. The Hall–Kier alpha value is -0.530. The summed E-state index contributed by atoms with van der Waals surface area (Å²) in [6.07, 6.45) is 4.63. The minimum Gasteiger partial charge on any atom is -0.196 e. The van der Waals surface area contributed by atoms with E-state index >= 15 is 0 Å². The van der Waals surface area contributed by atoms with Crippen molar-refractivity contribution in [3.8, 4) is 12.3 Å². The van der Waals surface area contributed by atoms with Crippen LogP contribution in [0.2, 0.25) is 0 Å². The van der Waals surface area contributed by atoms with Crippen molar-refractivity contribution in [3.05, 3.63) is 0 Å². The van der Waals surface area contributed by atoms with E-state index < -0.39 is 15.4 Å². The fourth-order valence-corrected chi connectivity index (χ4v) is 0.250. The first kappa shape index (κ1) is 7.47. The molecule has 0 aliphatic rings. The Bertz CT molecular complexity index is 196. The first-order valence-corrected chi connectivity index (χ1v) is 3.36. The van der Waals surface area contributed by atoms with Crippen LogP contribution in [0, 0.1) is 12.3 Å². The van der Waals surface area contributed by atoms with Crippen LogP contribution in [0.25, 0.3) is 0 Å². The van der Waals surface area contributed by atoms with Gasteiger partial charge in [-0.2, -0.15) is 8.42 Å². The highest BCUT2D eigenvalue weighted by atomic mass is 32.2. The second-order valence-electron chi connectivity index (χ2n) is 1.30. The second-order valence-corrected chi connectivity index (χ2v) is 2.99. The molecule has 1 radical (unpaired) electrons. The lowest BCUT2D eigenvalue weighted by Crippen LogP contribution is -2.11. The van der Waals surface area contributed by atoms with E-state index in [1.165, 1.54) is 6.92 Å². The minimum atomic E-state index is -4.24. The Morgan fingerprint density at radius 3 is 2.00 bits per heavy atom. The molecule has 8 heavy (non-hydrogen) atoms. The molecule has 0 fully saturated rings. The van der Waals surface area contributed by atoms with Gasteiger partial charge in [-0.05, 0) is 6.92 Å². The van der Waals surface area contributed by atoms with Gasteiger partial charge in [0.2, 0.25) is 0 Å². The molecule has 0 aromatic rings. The van der Waals surface area contributed by atoms with Crippen LogP contribution in [0.15, 0.2) is 0 Å². The van der Waals surface area contributed by atoms with Crippen LogP contribution in [0.3, 0.4) is 0 Å². The molecule has 0 N–H and O–H groups in total. The summed E-state index contributed by atoms with van der Waals surface area (Å²) >= 11 is 0. The van der Waals surface area contributed by atoms with E-state index in [-0.39, 0.29) is 0 Å². The molecule has 0 aliphatic heterocycles. The number of rotatable bonds is 1. The Balaban J connectivity index is 4.34. The van der Waals surface area contributed by atoms with Crippen molar-refractivity contribution in [2.45, 2.75) is 12.2 Å². The van der Waals surface area contributed by atoms with Crippen molar-refractivity contribution in [3.63, 3.8) is 0 Å². The van der Waals surface area contributed by atoms with Crippen molar-refractivity contribution in [2.24, 2.45) is 0 Å². The Kier molecular flexibility index (Phi) is 2.02. The lowest BCUT2D eigenvalue weighted by Gasteiger charge is -1.91. The van der Waals surface area contributed by atoms with Gasteiger partial charge in [-0.3, -0.25) is 0 Å². The van der Waals surface area contributed by atoms with E-state index in [0.29, 0.717) is 0 Å². The van der Waals surface area contributed by atoms with E-state index in [1.807, 2.05) is 0 Å². The lowest BCUT2D eigenvalue weighted by atomic mass is 10.5. The fourth-order valence-electron chi connectivity index (χ4n) is 0.0833. The monoisotopic (exact) mass is 133 g/mol. The topological polar surface area (TPSA) is 54.0 Å². The maximum absolute atomic E-state index is 9.86. The quantitative estimate of drug-likeness (QED) is 0.464. The molecule has 0 saturated heterocycles. The molecular formula is C4H5O3S. The maximum atomic E-state index is 9.86. The van der Waals surface area contributed by atoms with Gasteiger partial charge in [-0.1, -0.05) is 10.5 Å². The summed E-state index contributed by atoms with van der Waals surface area (Å²) in [5.74, 6) is 1.80. The summed E-state index contributed by atoms with van der Waals surface area (Å²) in [7, 11) is -4.24. The highest BCUT2D eigenvalue weighted by Gasteiger charge is 2.14. The largest absolute Gasteiger partial charge is 0.308 e. The summed E-state index contributed by atoms with van der Waals surface area (Å²) in [5.41, 5.74) is 0. The molecule has 1 unspecified atom stereocenters. The molecule has 3 nitrogen and oxygen atoms in total. The molecule has 0 spiro atoms. The zero-order valence-electron chi connectivity index (χ0n) is 4.29. The number of hydrogen-bond donors (Lipinski definition) is 0. The summed E-state index contributed by atoms with van der Waals surface area (Å²) in [6, 6.07) is 0. The van der Waals surface area contributed by atoms with Gasteiger partial charge in [0.1, 0.15) is 5.25 Å². The van der Waals surface area contributed by atoms with Crippen LogP contribution < -0.4 is 0 Å². The predicted octanol–water partition coefficient (Wildman–Crippen LogP) is -0.232. The zero-order chi connectivity index (χ0) is 6.78. The van der Waals surface area contributed by atoms with Gasteiger partial charge >= 0.3 is 10.1 Å². The molecule has 0 aliphatic carbocycles. The first-order valence-electron chi connectivity index (χ1n) is 1.89. The van der Waals surface area contributed by atoms with Crippen molar-refractivity contribution in [1.29, 1.82) is 0 Å². The Morgan fingerprint density at radius 2 is 2.00 bits per heavy atom. The van der Waals surface area contributed by atoms with Crippen LogP contribution in [0.5, 0.6) is 0 Å². The second kappa shape index (κ2) is 2.16. The molecular weight excluding hydrogens is 128 g/mol. The molecule has 0 saturated carbocycles. The average Bonchev–Trinajstić information content (AvgIpc) is 1.62. The van der Waals surface area contributed by atoms with Gasteiger partial charge in [-0.15, -0.1) is 6.42 Å². The van der Waals surface area contributed by atoms with Crippen molar-refractivity contribution in [1.82, 2.24) is 0 Å². The highest BCUT2D eigenvalue weighted by Crippen LogP contribution is 1.93. The molecule has 0 rings (SSSR count). The van der Waals surface area contributed by atoms with Crippen molar-refractivity contribution < 1.29 is 13.0 Å². The molecule has 4 heteroatoms. The van der Waals surface area contributed by atoms with E-state index in [4.69, 9.17) is 0 Å². The standard InChI is InChI=1S/C4H5O3S/c1-3-4(2)8(5,6)7/h1,4H,2H3.